The molecule has 0 spiro atoms. The van der Waals surface area contributed by atoms with Crippen LogP contribution in [-0.4, -0.2) is 5.75 Å². The SMILES string of the molecule is CCc1cccc(C(N)CSc2cccc(F)c2)c1. The summed E-state index contributed by atoms with van der Waals surface area (Å²) >= 11 is 1.59. The molecule has 1 nitrogen and oxygen atoms in total. The summed E-state index contributed by atoms with van der Waals surface area (Å²) in [7, 11) is 0. The molecule has 0 saturated carbocycles. The van der Waals surface area contributed by atoms with Gasteiger partial charge in [-0.05, 0) is 35.7 Å². The van der Waals surface area contributed by atoms with Crippen molar-refractivity contribution in [3.8, 4) is 0 Å². The molecule has 0 heterocycles. The second kappa shape index (κ2) is 6.73. The molecule has 0 bridgehead atoms. The van der Waals surface area contributed by atoms with Crippen LogP contribution in [0.4, 0.5) is 4.39 Å². The van der Waals surface area contributed by atoms with Crippen LogP contribution in [0, 0.1) is 5.82 Å². The van der Waals surface area contributed by atoms with Crippen LogP contribution in [0.2, 0.25) is 0 Å². The Hall–Kier alpha value is -1.32. The van der Waals surface area contributed by atoms with Gasteiger partial charge >= 0.3 is 0 Å². The summed E-state index contributed by atoms with van der Waals surface area (Å²) in [5.74, 6) is 0.544. The quantitative estimate of drug-likeness (QED) is 0.828. The van der Waals surface area contributed by atoms with Gasteiger partial charge in [-0.1, -0.05) is 37.3 Å². The van der Waals surface area contributed by atoms with Crippen molar-refractivity contribution in [2.24, 2.45) is 5.73 Å². The van der Waals surface area contributed by atoms with E-state index in [1.165, 1.54) is 11.6 Å². The molecule has 3 heteroatoms. The Morgan fingerprint density at radius 1 is 1.16 bits per heavy atom. The molecule has 2 rings (SSSR count). The summed E-state index contributed by atoms with van der Waals surface area (Å²) in [6.45, 7) is 2.13. The molecule has 2 aromatic carbocycles. The van der Waals surface area contributed by atoms with Crippen molar-refractivity contribution in [3.05, 3.63) is 65.5 Å². The van der Waals surface area contributed by atoms with E-state index in [0.29, 0.717) is 0 Å². The summed E-state index contributed by atoms with van der Waals surface area (Å²) in [4.78, 5) is 0.919. The third kappa shape index (κ3) is 4.08. The van der Waals surface area contributed by atoms with Gasteiger partial charge < -0.3 is 5.73 Å². The summed E-state index contributed by atoms with van der Waals surface area (Å²) in [6, 6.07) is 14.9. The lowest BCUT2D eigenvalue weighted by atomic mass is 10.0. The summed E-state index contributed by atoms with van der Waals surface area (Å²) in [5.41, 5.74) is 8.63. The molecule has 0 saturated heterocycles. The highest BCUT2D eigenvalue weighted by Crippen LogP contribution is 2.24. The molecule has 0 aliphatic heterocycles. The van der Waals surface area contributed by atoms with Crippen molar-refractivity contribution in [1.82, 2.24) is 0 Å². The first kappa shape index (κ1) is 14.1. The van der Waals surface area contributed by atoms with Gasteiger partial charge in [0.1, 0.15) is 5.82 Å². The lowest BCUT2D eigenvalue weighted by Gasteiger charge is -2.12. The zero-order chi connectivity index (χ0) is 13.7. The van der Waals surface area contributed by atoms with E-state index in [-0.39, 0.29) is 11.9 Å². The second-order valence-electron chi connectivity index (χ2n) is 4.47. The van der Waals surface area contributed by atoms with Crippen LogP contribution in [0.25, 0.3) is 0 Å². The van der Waals surface area contributed by atoms with E-state index < -0.39 is 0 Å². The van der Waals surface area contributed by atoms with Crippen LogP contribution in [-0.2, 0) is 6.42 Å². The number of rotatable bonds is 5. The lowest BCUT2D eigenvalue weighted by Crippen LogP contribution is -2.13. The van der Waals surface area contributed by atoms with Crippen LogP contribution in [0.3, 0.4) is 0 Å². The van der Waals surface area contributed by atoms with Crippen molar-refractivity contribution in [2.75, 3.05) is 5.75 Å². The molecule has 19 heavy (non-hydrogen) atoms. The molecule has 2 aromatic rings. The standard InChI is InChI=1S/C16H18FNS/c1-2-12-5-3-6-13(9-12)16(18)11-19-15-8-4-7-14(17)10-15/h3-10,16H,2,11,18H2,1H3. The average molecular weight is 275 g/mol. The molecule has 0 aliphatic rings. The first-order valence-corrected chi connectivity index (χ1v) is 7.40. The van der Waals surface area contributed by atoms with E-state index >= 15 is 0 Å². The van der Waals surface area contributed by atoms with E-state index in [4.69, 9.17) is 5.73 Å². The number of hydrogen-bond donors (Lipinski definition) is 1. The predicted molar refractivity (Wildman–Crippen MR) is 79.9 cm³/mol. The normalized spacial score (nSPS) is 12.4. The first-order chi connectivity index (χ1) is 9.19. The van der Waals surface area contributed by atoms with Gasteiger partial charge in [0.15, 0.2) is 0 Å². The highest BCUT2D eigenvalue weighted by atomic mass is 32.2. The van der Waals surface area contributed by atoms with Crippen LogP contribution in [0.5, 0.6) is 0 Å². The number of halogens is 1. The van der Waals surface area contributed by atoms with Gasteiger partial charge in [0.05, 0.1) is 0 Å². The van der Waals surface area contributed by atoms with Gasteiger partial charge in [-0.2, -0.15) is 0 Å². The Kier molecular flexibility index (Phi) is 5.00. The molecule has 0 amide bonds. The van der Waals surface area contributed by atoms with Gasteiger partial charge in [-0.15, -0.1) is 11.8 Å². The van der Waals surface area contributed by atoms with Crippen LogP contribution in [0.15, 0.2) is 53.4 Å². The fraction of sp³-hybridized carbons (Fsp3) is 0.250. The maximum Gasteiger partial charge on any atom is 0.124 e. The van der Waals surface area contributed by atoms with Crippen molar-refractivity contribution in [1.29, 1.82) is 0 Å². The van der Waals surface area contributed by atoms with Gasteiger partial charge in [0.25, 0.3) is 0 Å². The monoisotopic (exact) mass is 275 g/mol. The van der Waals surface area contributed by atoms with Crippen molar-refractivity contribution in [2.45, 2.75) is 24.3 Å². The van der Waals surface area contributed by atoms with E-state index in [1.807, 2.05) is 12.1 Å². The van der Waals surface area contributed by atoms with Gasteiger partial charge in [-0.25, -0.2) is 4.39 Å². The second-order valence-corrected chi connectivity index (χ2v) is 5.57. The van der Waals surface area contributed by atoms with Gasteiger partial charge in [0, 0.05) is 16.7 Å². The topological polar surface area (TPSA) is 26.0 Å². The smallest absolute Gasteiger partial charge is 0.124 e. The number of hydrogen-bond acceptors (Lipinski definition) is 2. The lowest BCUT2D eigenvalue weighted by molar-refractivity contribution is 0.624. The maximum atomic E-state index is 13.1. The highest BCUT2D eigenvalue weighted by molar-refractivity contribution is 7.99. The third-order valence-electron chi connectivity index (χ3n) is 3.01. The van der Waals surface area contributed by atoms with E-state index in [2.05, 4.69) is 25.1 Å². The van der Waals surface area contributed by atoms with Crippen molar-refractivity contribution < 1.29 is 4.39 Å². The Labute approximate surface area is 118 Å². The number of benzene rings is 2. The maximum absolute atomic E-state index is 13.1. The van der Waals surface area contributed by atoms with Crippen molar-refractivity contribution in [3.63, 3.8) is 0 Å². The van der Waals surface area contributed by atoms with Gasteiger partial charge in [-0.3, -0.25) is 0 Å². The average Bonchev–Trinajstić information content (AvgIpc) is 2.45. The third-order valence-corrected chi connectivity index (χ3v) is 4.13. The largest absolute Gasteiger partial charge is 0.323 e. The molecule has 100 valence electrons. The number of nitrogens with two attached hydrogens (primary N) is 1. The Balaban J connectivity index is 1.99. The molecule has 1 atom stereocenters. The minimum Gasteiger partial charge on any atom is -0.323 e. The molecule has 1 unspecified atom stereocenters. The molecule has 2 N–H and O–H groups in total. The Morgan fingerprint density at radius 3 is 2.68 bits per heavy atom. The summed E-state index contributed by atoms with van der Waals surface area (Å²) < 4.78 is 13.1. The fourth-order valence-corrected chi connectivity index (χ4v) is 2.82. The molecular formula is C16H18FNS. The number of aryl methyl sites for hydroxylation is 1. The zero-order valence-electron chi connectivity index (χ0n) is 11.0. The molecule has 0 fully saturated rings. The van der Waals surface area contributed by atoms with Crippen LogP contribution >= 0.6 is 11.8 Å². The number of thioether (sulfide) groups is 1. The van der Waals surface area contributed by atoms with E-state index in [1.54, 1.807) is 23.9 Å². The van der Waals surface area contributed by atoms with E-state index in [9.17, 15) is 4.39 Å². The van der Waals surface area contributed by atoms with Gasteiger partial charge in [0.2, 0.25) is 0 Å². The summed E-state index contributed by atoms with van der Waals surface area (Å²) in [6.07, 6.45) is 1.01. The predicted octanol–water partition coefficient (Wildman–Crippen LogP) is 4.18. The van der Waals surface area contributed by atoms with Crippen LogP contribution < -0.4 is 5.73 Å². The fourth-order valence-electron chi connectivity index (χ4n) is 1.88. The first-order valence-electron chi connectivity index (χ1n) is 6.42. The Bertz CT molecular complexity index is 542. The summed E-state index contributed by atoms with van der Waals surface area (Å²) in [5, 5.41) is 0. The molecule has 0 aliphatic carbocycles. The zero-order valence-corrected chi connectivity index (χ0v) is 11.8. The molecule has 0 radical (unpaired) electrons. The highest BCUT2D eigenvalue weighted by Gasteiger charge is 2.07. The molecular weight excluding hydrogens is 257 g/mol. The Morgan fingerprint density at radius 2 is 1.95 bits per heavy atom. The van der Waals surface area contributed by atoms with Crippen molar-refractivity contribution >= 4 is 11.8 Å². The van der Waals surface area contributed by atoms with E-state index in [0.717, 1.165) is 22.6 Å². The minimum absolute atomic E-state index is 0.0280. The molecule has 0 aromatic heterocycles. The van der Waals surface area contributed by atoms with Crippen LogP contribution in [0.1, 0.15) is 24.1 Å². The minimum atomic E-state index is -0.202.